The molecule has 0 bridgehead atoms. The summed E-state index contributed by atoms with van der Waals surface area (Å²) in [5, 5.41) is 3.34. The van der Waals surface area contributed by atoms with Crippen molar-refractivity contribution >= 4 is 11.6 Å². The van der Waals surface area contributed by atoms with Gasteiger partial charge in [0.05, 0.1) is 5.02 Å². The molecule has 0 aliphatic carbocycles. The van der Waals surface area contributed by atoms with E-state index in [1.54, 1.807) is 6.07 Å². The van der Waals surface area contributed by atoms with E-state index in [4.69, 9.17) is 11.6 Å². The second kappa shape index (κ2) is 5.32. The summed E-state index contributed by atoms with van der Waals surface area (Å²) in [4.78, 5) is 0. The lowest BCUT2D eigenvalue weighted by Crippen LogP contribution is -2.18. The summed E-state index contributed by atoms with van der Waals surface area (Å²) in [6, 6.07) is 4.95. The molecule has 0 radical (unpaired) electrons. The summed E-state index contributed by atoms with van der Waals surface area (Å²) in [5.41, 5.74) is 0.884. The number of hydrogen-bond acceptors (Lipinski definition) is 1. The Bertz CT molecular complexity index is 301. The average molecular weight is 216 g/mol. The third-order valence-electron chi connectivity index (χ3n) is 2.15. The molecule has 0 amide bonds. The van der Waals surface area contributed by atoms with E-state index in [2.05, 4.69) is 12.2 Å². The van der Waals surface area contributed by atoms with Crippen molar-refractivity contribution in [1.29, 1.82) is 0 Å². The SMILES string of the molecule is CNCC(C)Cc1cccc(F)c1Cl. The lowest BCUT2D eigenvalue weighted by molar-refractivity contribution is 0.539. The fraction of sp³-hybridized carbons (Fsp3) is 0.455. The van der Waals surface area contributed by atoms with Crippen LogP contribution in [-0.2, 0) is 6.42 Å². The second-order valence-electron chi connectivity index (χ2n) is 3.58. The molecule has 3 heteroatoms. The molecular weight excluding hydrogens is 201 g/mol. The number of benzene rings is 1. The zero-order valence-electron chi connectivity index (χ0n) is 8.48. The van der Waals surface area contributed by atoms with Crippen LogP contribution >= 0.6 is 11.6 Å². The highest BCUT2D eigenvalue weighted by Crippen LogP contribution is 2.22. The van der Waals surface area contributed by atoms with E-state index in [9.17, 15) is 4.39 Å². The first kappa shape index (κ1) is 11.5. The van der Waals surface area contributed by atoms with Gasteiger partial charge in [0, 0.05) is 0 Å². The van der Waals surface area contributed by atoms with E-state index in [-0.39, 0.29) is 10.8 Å². The molecule has 1 atom stereocenters. The molecule has 0 spiro atoms. The van der Waals surface area contributed by atoms with Crippen LogP contribution in [0.4, 0.5) is 4.39 Å². The summed E-state index contributed by atoms with van der Waals surface area (Å²) < 4.78 is 13.1. The maximum atomic E-state index is 13.1. The van der Waals surface area contributed by atoms with Gasteiger partial charge in [0.15, 0.2) is 0 Å². The van der Waals surface area contributed by atoms with Crippen LogP contribution in [-0.4, -0.2) is 13.6 Å². The van der Waals surface area contributed by atoms with Gasteiger partial charge in [-0.05, 0) is 37.6 Å². The smallest absolute Gasteiger partial charge is 0.142 e. The normalized spacial score (nSPS) is 12.9. The first-order valence-electron chi connectivity index (χ1n) is 4.72. The summed E-state index contributed by atoms with van der Waals surface area (Å²) in [6.45, 7) is 3.02. The van der Waals surface area contributed by atoms with Crippen LogP contribution < -0.4 is 5.32 Å². The maximum absolute atomic E-state index is 13.1. The van der Waals surface area contributed by atoms with E-state index in [1.165, 1.54) is 6.07 Å². The standard InChI is InChI=1S/C11H15ClFN/c1-8(7-14-2)6-9-4-3-5-10(13)11(9)12/h3-5,8,14H,6-7H2,1-2H3. The van der Waals surface area contributed by atoms with Crippen LogP contribution in [0.15, 0.2) is 18.2 Å². The minimum absolute atomic E-state index is 0.260. The van der Waals surface area contributed by atoms with E-state index >= 15 is 0 Å². The van der Waals surface area contributed by atoms with Gasteiger partial charge in [0.25, 0.3) is 0 Å². The monoisotopic (exact) mass is 215 g/mol. The first-order chi connectivity index (χ1) is 6.65. The first-order valence-corrected chi connectivity index (χ1v) is 5.10. The molecule has 0 fully saturated rings. The van der Waals surface area contributed by atoms with E-state index in [0.717, 1.165) is 18.5 Å². The Kier molecular flexibility index (Phi) is 4.36. The number of rotatable bonds is 4. The predicted octanol–water partition coefficient (Wildman–Crippen LogP) is 2.88. The van der Waals surface area contributed by atoms with Crippen molar-refractivity contribution in [3.8, 4) is 0 Å². The van der Waals surface area contributed by atoms with Gasteiger partial charge in [0.2, 0.25) is 0 Å². The summed E-state index contributed by atoms with van der Waals surface area (Å²) >= 11 is 5.84. The molecule has 0 heterocycles. The van der Waals surface area contributed by atoms with Gasteiger partial charge in [-0.25, -0.2) is 4.39 Å². The molecule has 0 aromatic heterocycles. The topological polar surface area (TPSA) is 12.0 Å². The van der Waals surface area contributed by atoms with Crippen LogP contribution in [0.5, 0.6) is 0 Å². The van der Waals surface area contributed by atoms with Gasteiger partial charge in [0.1, 0.15) is 5.82 Å². The quantitative estimate of drug-likeness (QED) is 0.815. The van der Waals surface area contributed by atoms with Crippen molar-refractivity contribution in [2.75, 3.05) is 13.6 Å². The molecule has 1 unspecified atom stereocenters. The lowest BCUT2D eigenvalue weighted by atomic mass is 10.0. The van der Waals surface area contributed by atoms with E-state index in [1.807, 2.05) is 13.1 Å². The summed E-state index contributed by atoms with van der Waals surface area (Å²) in [6.07, 6.45) is 0.803. The summed E-state index contributed by atoms with van der Waals surface area (Å²) in [5.74, 6) is 0.125. The Balaban J connectivity index is 2.71. The van der Waals surface area contributed by atoms with Crippen LogP contribution in [0.3, 0.4) is 0 Å². The minimum Gasteiger partial charge on any atom is -0.319 e. The summed E-state index contributed by atoms with van der Waals surface area (Å²) in [7, 11) is 1.91. The molecule has 0 saturated heterocycles. The molecule has 1 aromatic rings. The molecule has 78 valence electrons. The Morgan fingerprint density at radius 2 is 2.21 bits per heavy atom. The van der Waals surface area contributed by atoms with Gasteiger partial charge in [-0.2, -0.15) is 0 Å². The molecular formula is C11H15ClFN. The highest BCUT2D eigenvalue weighted by atomic mass is 35.5. The third kappa shape index (κ3) is 2.96. The Morgan fingerprint density at radius 1 is 1.50 bits per heavy atom. The zero-order valence-corrected chi connectivity index (χ0v) is 9.24. The van der Waals surface area contributed by atoms with Crippen LogP contribution in [0, 0.1) is 11.7 Å². The fourth-order valence-electron chi connectivity index (χ4n) is 1.50. The highest BCUT2D eigenvalue weighted by Gasteiger charge is 2.08. The molecule has 1 nitrogen and oxygen atoms in total. The van der Waals surface area contributed by atoms with E-state index < -0.39 is 0 Å². The number of halogens is 2. The molecule has 1 rings (SSSR count). The third-order valence-corrected chi connectivity index (χ3v) is 2.58. The Hall–Kier alpha value is -0.600. The molecule has 0 saturated carbocycles. The largest absolute Gasteiger partial charge is 0.319 e. The van der Waals surface area contributed by atoms with Crippen molar-refractivity contribution in [2.45, 2.75) is 13.3 Å². The van der Waals surface area contributed by atoms with Gasteiger partial charge in [-0.1, -0.05) is 30.7 Å². The lowest BCUT2D eigenvalue weighted by Gasteiger charge is -2.11. The molecule has 1 aromatic carbocycles. The predicted molar refractivity (Wildman–Crippen MR) is 58.2 cm³/mol. The molecule has 14 heavy (non-hydrogen) atoms. The van der Waals surface area contributed by atoms with Crippen LogP contribution in [0.1, 0.15) is 12.5 Å². The van der Waals surface area contributed by atoms with Crippen molar-refractivity contribution in [2.24, 2.45) is 5.92 Å². The fourth-order valence-corrected chi connectivity index (χ4v) is 1.71. The Morgan fingerprint density at radius 3 is 2.86 bits per heavy atom. The molecule has 1 N–H and O–H groups in total. The maximum Gasteiger partial charge on any atom is 0.142 e. The number of nitrogens with one attached hydrogen (secondary N) is 1. The van der Waals surface area contributed by atoms with Crippen molar-refractivity contribution in [3.05, 3.63) is 34.6 Å². The van der Waals surface area contributed by atoms with Gasteiger partial charge in [-0.3, -0.25) is 0 Å². The Labute approximate surface area is 89.3 Å². The average Bonchev–Trinajstić information content (AvgIpc) is 2.13. The second-order valence-corrected chi connectivity index (χ2v) is 3.96. The zero-order chi connectivity index (χ0) is 10.6. The van der Waals surface area contributed by atoms with Gasteiger partial charge < -0.3 is 5.32 Å². The van der Waals surface area contributed by atoms with Gasteiger partial charge >= 0.3 is 0 Å². The molecule has 0 aliphatic rings. The minimum atomic E-state index is -0.333. The van der Waals surface area contributed by atoms with Crippen molar-refractivity contribution in [3.63, 3.8) is 0 Å². The van der Waals surface area contributed by atoms with Crippen LogP contribution in [0.25, 0.3) is 0 Å². The van der Waals surface area contributed by atoms with E-state index in [0.29, 0.717) is 5.92 Å². The van der Waals surface area contributed by atoms with Crippen molar-refractivity contribution in [1.82, 2.24) is 5.32 Å². The van der Waals surface area contributed by atoms with Gasteiger partial charge in [-0.15, -0.1) is 0 Å². The van der Waals surface area contributed by atoms with Crippen LogP contribution in [0.2, 0.25) is 5.02 Å². The number of hydrogen-bond donors (Lipinski definition) is 1. The van der Waals surface area contributed by atoms with Crippen molar-refractivity contribution < 1.29 is 4.39 Å². The molecule has 0 aliphatic heterocycles. The highest BCUT2D eigenvalue weighted by molar-refractivity contribution is 6.31.